The normalized spacial score (nSPS) is 13.7. The van der Waals surface area contributed by atoms with Crippen molar-refractivity contribution in [1.29, 1.82) is 0 Å². The molecule has 0 heterocycles. The molecule has 1 atom stereocenters. The molecule has 0 aromatic heterocycles. The maximum atomic E-state index is 11.9. The second-order valence-corrected chi connectivity index (χ2v) is 4.18. The highest BCUT2D eigenvalue weighted by Crippen LogP contribution is 2.16. The molecule has 0 radical (unpaired) electrons. The molecule has 1 unspecified atom stereocenters. The van der Waals surface area contributed by atoms with E-state index >= 15 is 0 Å². The summed E-state index contributed by atoms with van der Waals surface area (Å²) >= 11 is 0. The van der Waals surface area contributed by atoms with Gasteiger partial charge >= 0.3 is 0 Å². The Hall–Kier alpha value is -1.73. The Balaban J connectivity index is 2.47. The van der Waals surface area contributed by atoms with Gasteiger partial charge in [0.05, 0.1) is 6.61 Å². The molecule has 20 heavy (non-hydrogen) atoms. The molecular weight excluding hydrogens is 268 g/mol. The molecule has 0 aliphatic carbocycles. The fourth-order valence-corrected chi connectivity index (χ4v) is 1.72. The first kappa shape index (κ1) is 16.3. The lowest BCUT2D eigenvalue weighted by molar-refractivity contribution is 0.0182. The lowest BCUT2D eigenvalue weighted by atomic mass is 10.0. The number of benzene rings is 1. The van der Waals surface area contributed by atoms with Gasteiger partial charge in [0.1, 0.15) is 12.4 Å². The number of amidine groups is 1. The van der Waals surface area contributed by atoms with Crippen LogP contribution in [0.25, 0.3) is 0 Å². The molecule has 5 nitrogen and oxygen atoms in total. The maximum Gasteiger partial charge on any atom is 0.261 e. The third-order valence-corrected chi connectivity index (χ3v) is 2.62. The average Bonchev–Trinajstić information content (AvgIpc) is 2.46. The van der Waals surface area contributed by atoms with Crippen LogP contribution in [-0.4, -0.2) is 37.2 Å². The monoisotopic (exact) mass is 287 g/mol. The first-order valence-electron chi connectivity index (χ1n) is 6.24. The second-order valence-electron chi connectivity index (χ2n) is 4.18. The zero-order valence-electron chi connectivity index (χ0n) is 11.0. The van der Waals surface area contributed by atoms with Gasteiger partial charge in [-0.1, -0.05) is 35.5 Å². The molecular formula is C13H19F2N3O2. The van der Waals surface area contributed by atoms with E-state index in [4.69, 9.17) is 15.7 Å². The number of halogens is 2. The van der Waals surface area contributed by atoms with Crippen molar-refractivity contribution in [2.24, 2.45) is 10.9 Å². The molecule has 1 rings (SSSR count). The third kappa shape index (κ3) is 6.44. The van der Waals surface area contributed by atoms with Gasteiger partial charge in [-0.3, -0.25) is 0 Å². The topological polar surface area (TPSA) is 79.9 Å². The van der Waals surface area contributed by atoms with E-state index in [2.05, 4.69) is 10.5 Å². The SMILES string of the molecule is N/C(CC(NCCOCC(F)F)c1ccccc1)=N/O. The summed E-state index contributed by atoms with van der Waals surface area (Å²) in [6, 6.07) is 9.29. The van der Waals surface area contributed by atoms with Crippen LogP contribution >= 0.6 is 0 Å². The Morgan fingerprint density at radius 1 is 1.35 bits per heavy atom. The second kappa shape index (κ2) is 9.22. The fraction of sp³-hybridized carbons (Fsp3) is 0.462. The first-order chi connectivity index (χ1) is 9.63. The number of ether oxygens (including phenoxy) is 1. The van der Waals surface area contributed by atoms with Gasteiger partial charge in [0.2, 0.25) is 0 Å². The number of nitrogens with two attached hydrogens (primary N) is 1. The summed E-state index contributed by atoms with van der Waals surface area (Å²) in [7, 11) is 0. The summed E-state index contributed by atoms with van der Waals surface area (Å²) in [5.74, 6) is 0.0971. The predicted octanol–water partition coefficient (Wildman–Crippen LogP) is 1.74. The molecule has 0 saturated heterocycles. The lowest BCUT2D eigenvalue weighted by Gasteiger charge is -2.18. The van der Waals surface area contributed by atoms with Crippen LogP contribution in [0.5, 0.6) is 0 Å². The molecule has 0 fully saturated rings. The number of hydrogen-bond acceptors (Lipinski definition) is 4. The van der Waals surface area contributed by atoms with Crippen molar-refractivity contribution in [2.75, 3.05) is 19.8 Å². The van der Waals surface area contributed by atoms with Crippen molar-refractivity contribution in [3.05, 3.63) is 35.9 Å². The predicted molar refractivity (Wildman–Crippen MR) is 72.0 cm³/mol. The quantitative estimate of drug-likeness (QED) is 0.212. The third-order valence-electron chi connectivity index (χ3n) is 2.62. The highest BCUT2D eigenvalue weighted by molar-refractivity contribution is 5.80. The summed E-state index contributed by atoms with van der Waals surface area (Å²) in [5, 5.41) is 14.7. The number of nitrogens with zero attached hydrogens (tertiary/aromatic N) is 1. The van der Waals surface area contributed by atoms with Gasteiger partial charge in [-0.25, -0.2) is 8.78 Å². The van der Waals surface area contributed by atoms with Crippen molar-refractivity contribution in [3.63, 3.8) is 0 Å². The van der Waals surface area contributed by atoms with E-state index in [0.717, 1.165) is 5.56 Å². The van der Waals surface area contributed by atoms with Gasteiger partial charge in [-0.15, -0.1) is 0 Å². The summed E-state index contributed by atoms with van der Waals surface area (Å²) in [4.78, 5) is 0. The molecule has 0 amide bonds. The Bertz CT molecular complexity index is 402. The fourth-order valence-electron chi connectivity index (χ4n) is 1.72. The number of nitrogens with one attached hydrogen (secondary N) is 1. The van der Waals surface area contributed by atoms with Crippen LogP contribution in [0, 0.1) is 0 Å². The maximum absolute atomic E-state index is 11.9. The average molecular weight is 287 g/mol. The molecule has 1 aromatic carbocycles. The van der Waals surface area contributed by atoms with Crippen molar-refractivity contribution >= 4 is 5.84 Å². The largest absolute Gasteiger partial charge is 0.409 e. The van der Waals surface area contributed by atoms with Crippen LogP contribution in [0.4, 0.5) is 8.78 Å². The standard InChI is InChI=1S/C13H19F2N3O2/c14-12(15)9-20-7-6-17-11(8-13(16)18-19)10-4-2-1-3-5-10/h1-5,11-12,17,19H,6-9H2,(H2,16,18). The Kier molecular flexibility index (Phi) is 7.52. The van der Waals surface area contributed by atoms with Crippen LogP contribution in [0.2, 0.25) is 0 Å². The van der Waals surface area contributed by atoms with Crippen LogP contribution in [0.15, 0.2) is 35.5 Å². The Labute approximate surface area is 116 Å². The molecule has 112 valence electrons. The minimum atomic E-state index is -2.46. The van der Waals surface area contributed by atoms with Gasteiger partial charge in [-0.2, -0.15) is 0 Å². The van der Waals surface area contributed by atoms with Crippen LogP contribution in [0.1, 0.15) is 18.0 Å². The minimum absolute atomic E-state index is 0.0971. The van der Waals surface area contributed by atoms with Crippen molar-refractivity contribution in [3.8, 4) is 0 Å². The Morgan fingerprint density at radius 2 is 2.05 bits per heavy atom. The van der Waals surface area contributed by atoms with Crippen molar-refractivity contribution < 1.29 is 18.7 Å². The van der Waals surface area contributed by atoms with E-state index in [0.29, 0.717) is 13.0 Å². The van der Waals surface area contributed by atoms with E-state index in [1.807, 2.05) is 30.3 Å². The van der Waals surface area contributed by atoms with Crippen molar-refractivity contribution in [1.82, 2.24) is 5.32 Å². The molecule has 7 heteroatoms. The van der Waals surface area contributed by atoms with E-state index in [-0.39, 0.29) is 18.5 Å². The molecule has 4 N–H and O–H groups in total. The number of rotatable bonds is 9. The molecule has 0 saturated carbocycles. The van der Waals surface area contributed by atoms with Gasteiger partial charge in [0.15, 0.2) is 0 Å². The molecule has 0 bridgehead atoms. The van der Waals surface area contributed by atoms with Gasteiger partial charge < -0.3 is 21.0 Å². The van der Waals surface area contributed by atoms with Crippen LogP contribution in [-0.2, 0) is 4.74 Å². The van der Waals surface area contributed by atoms with E-state index in [1.54, 1.807) is 0 Å². The number of hydrogen-bond donors (Lipinski definition) is 3. The number of alkyl halides is 2. The number of oxime groups is 1. The van der Waals surface area contributed by atoms with Crippen LogP contribution < -0.4 is 11.1 Å². The van der Waals surface area contributed by atoms with E-state index in [9.17, 15) is 8.78 Å². The minimum Gasteiger partial charge on any atom is -0.409 e. The molecule has 0 aliphatic heterocycles. The zero-order chi connectivity index (χ0) is 14.8. The molecule has 1 aromatic rings. The lowest BCUT2D eigenvalue weighted by Crippen LogP contribution is -2.29. The first-order valence-corrected chi connectivity index (χ1v) is 6.24. The van der Waals surface area contributed by atoms with Gasteiger partial charge in [0.25, 0.3) is 6.43 Å². The Morgan fingerprint density at radius 3 is 2.65 bits per heavy atom. The van der Waals surface area contributed by atoms with Crippen molar-refractivity contribution in [2.45, 2.75) is 18.9 Å². The zero-order valence-corrected chi connectivity index (χ0v) is 11.0. The van der Waals surface area contributed by atoms with E-state index < -0.39 is 13.0 Å². The molecule has 0 spiro atoms. The highest BCUT2D eigenvalue weighted by atomic mass is 19.3. The summed E-state index contributed by atoms with van der Waals surface area (Å²) in [6.45, 7) is -0.00719. The van der Waals surface area contributed by atoms with Gasteiger partial charge in [-0.05, 0) is 5.56 Å². The molecule has 0 aliphatic rings. The van der Waals surface area contributed by atoms with E-state index in [1.165, 1.54) is 0 Å². The van der Waals surface area contributed by atoms with Crippen LogP contribution in [0.3, 0.4) is 0 Å². The van der Waals surface area contributed by atoms with Gasteiger partial charge in [0, 0.05) is 19.0 Å². The summed E-state index contributed by atoms with van der Waals surface area (Å²) < 4.78 is 28.6. The smallest absolute Gasteiger partial charge is 0.261 e. The summed E-state index contributed by atoms with van der Waals surface area (Å²) in [5.41, 5.74) is 6.48. The summed E-state index contributed by atoms with van der Waals surface area (Å²) in [6.07, 6.45) is -2.15. The highest BCUT2D eigenvalue weighted by Gasteiger charge is 2.12.